The number of aliphatic hydroxyl groups is 1. The molecule has 1 saturated heterocycles. The highest BCUT2D eigenvalue weighted by Gasteiger charge is 2.21. The first-order chi connectivity index (χ1) is 12.1. The standard InChI is InChI=1S/C19H31NO5/c1-14-7-5-6-8-20(14)11-16(21)13-25-12-15-9-17(22-2)19(24-4)18(10-15)23-3/h9-10,14,16,21H,5-8,11-13H2,1-4H3/t14-,16+/m0/s1. The van der Waals surface area contributed by atoms with E-state index in [0.29, 0.717) is 43.0 Å². The number of benzene rings is 1. The van der Waals surface area contributed by atoms with Crippen molar-refractivity contribution in [3.63, 3.8) is 0 Å². The number of aliphatic hydroxyl groups excluding tert-OH is 1. The van der Waals surface area contributed by atoms with Gasteiger partial charge in [-0.25, -0.2) is 0 Å². The van der Waals surface area contributed by atoms with Gasteiger partial charge in [0.2, 0.25) is 5.75 Å². The van der Waals surface area contributed by atoms with Crippen LogP contribution < -0.4 is 14.2 Å². The topological polar surface area (TPSA) is 60.4 Å². The van der Waals surface area contributed by atoms with Crippen LogP contribution in [-0.4, -0.2) is 63.2 Å². The van der Waals surface area contributed by atoms with E-state index in [1.54, 1.807) is 21.3 Å². The molecule has 0 spiro atoms. The van der Waals surface area contributed by atoms with Crippen molar-refractivity contribution < 1.29 is 24.1 Å². The average Bonchev–Trinajstić information content (AvgIpc) is 2.62. The van der Waals surface area contributed by atoms with Crippen LogP contribution in [0.15, 0.2) is 12.1 Å². The van der Waals surface area contributed by atoms with Crippen LogP contribution in [0, 0.1) is 0 Å². The highest BCUT2D eigenvalue weighted by molar-refractivity contribution is 5.53. The van der Waals surface area contributed by atoms with Crippen LogP contribution in [0.25, 0.3) is 0 Å². The summed E-state index contributed by atoms with van der Waals surface area (Å²) < 4.78 is 21.7. The van der Waals surface area contributed by atoms with Gasteiger partial charge in [0.1, 0.15) is 0 Å². The Balaban J connectivity index is 1.86. The Morgan fingerprint density at radius 3 is 2.36 bits per heavy atom. The minimum absolute atomic E-state index is 0.305. The fourth-order valence-electron chi connectivity index (χ4n) is 3.28. The van der Waals surface area contributed by atoms with E-state index in [2.05, 4.69) is 11.8 Å². The molecule has 0 unspecified atom stereocenters. The predicted octanol–water partition coefficient (Wildman–Crippen LogP) is 2.46. The Bertz CT molecular complexity index is 512. The Morgan fingerprint density at radius 2 is 1.80 bits per heavy atom. The lowest BCUT2D eigenvalue weighted by atomic mass is 10.0. The van der Waals surface area contributed by atoms with Crippen molar-refractivity contribution in [3.05, 3.63) is 17.7 Å². The number of hydrogen-bond donors (Lipinski definition) is 1. The number of piperidine rings is 1. The Hall–Kier alpha value is -1.50. The maximum Gasteiger partial charge on any atom is 0.203 e. The van der Waals surface area contributed by atoms with Gasteiger partial charge < -0.3 is 24.1 Å². The van der Waals surface area contributed by atoms with Crippen molar-refractivity contribution in [3.8, 4) is 17.2 Å². The third-order valence-corrected chi connectivity index (χ3v) is 4.69. The molecule has 0 amide bonds. The number of methoxy groups -OCH3 is 3. The molecule has 0 aliphatic carbocycles. The normalized spacial score (nSPS) is 19.5. The first-order valence-corrected chi connectivity index (χ1v) is 8.87. The third kappa shape index (κ3) is 5.49. The molecule has 0 saturated carbocycles. The molecule has 0 bridgehead atoms. The summed E-state index contributed by atoms with van der Waals surface area (Å²) in [7, 11) is 4.76. The lowest BCUT2D eigenvalue weighted by molar-refractivity contribution is -0.00146. The van der Waals surface area contributed by atoms with E-state index < -0.39 is 6.10 Å². The number of nitrogens with zero attached hydrogens (tertiary/aromatic N) is 1. The average molecular weight is 353 g/mol. The van der Waals surface area contributed by atoms with Crippen molar-refractivity contribution in [1.82, 2.24) is 4.90 Å². The molecule has 1 aromatic rings. The summed E-state index contributed by atoms with van der Waals surface area (Å²) in [5.41, 5.74) is 0.910. The predicted molar refractivity (Wildman–Crippen MR) is 96.6 cm³/mol. The van der Waals surface area contributed by atoms with Gasteiger partial charge in [0.05, 0.1) is 40.6 Å². The zero-order chi connectivity index (χ0) is 18.2. The zero-order valence-electron chi connectivity index (χ0n) is 15.8. The molecule has 2 rings (SSSR count). The quantitative estimate of drug-likeness (QED) is 0.736. The lowest BCUT2D eigenvalue weighted by Gasteiger charge is -2.34. The molecule has 1 heterocycles. The van der Waals surface area contributed by atoms with Crippen LogP contribution in [0.4, 0.5) is 0 Å². The highest BCUT2D eigenvalue weighted by atomic mass is 16.5. The second kappa shape index (κ2) is 9.85. The first-order valence-electron chi connectivity index (χ1n) is 8.87. The van der Waals surface area contributed by atoms with E-state index in [1.165, 1.54) is 19.3 Å². The van der Waals surface area contributed by atoms with Crippen LogP contribution in [0.3, 0.4) is 0 Å². The minimum atomic E-state index is -0.484. The lowest BCUT2D eigenvalue weighted by Crippen LogP contribution is -2.43. The van der Waals surface area contributed by atoms with Crippen molar-refractivity contribution in [2.75, 3.05) is 41.0 Å². The molecular formula is C19H31NO5. The van der Waals surface area contributed by atoms with Gasteiger partial charge in [-0.1, -0.05) is 6.42 Å². The smallest absolute Gasteiger partial charge is 0.203 e. The van der Waals surface area contributed by atoms with Gasteiger partial charge in [0.25, 0.3) is 0 Å². The maximum atomic E-state index is 10.2. The Labute approximate surface area is 150 Å². The fraction of sp³-hybridized carbons (Fsp3) is 0.684. The summed E-state index contributed by atoms with van der Waals surface area (Å²) >= 11 is 0. The fourth-order valence-corrected chi connectivity index (χ4v) is 3.28. The second-order valence-electron chi connectivity index (χ2n) is 6.54. The van der Waals surface area contributed by atoms with E-state index in [4.69, 9.17) is 18.9 Å². The zero-order valence-corrected chi connectivity index (χ0v) is 15.8. The monoisotopic (exact) mass is 353 g/mol. The molecule has 6 heteroatoms. The summed E-state index contributed by atoms with van der Waals surface area (Å²) in [4.78, 5) is 2.34. The molecule has 1 aliphatic rings. The largest absolute Gasteiger partial charge is 0.493 e. The van der Waals surface area contributed by atoms with Gasteiger partial charge in [0, 0.05) is 12.6 Å². The molecule has 0 radical (unpaired) electrons. The van der Waals surface area contributed by atoms with E-state index in [1.807, 2.05) is 12.1 Å². The molecule has 6 nitrogen and oxygen atoms in total. The van der Waals surface area contributed by atoms with Gasteiger partial charge >= 0.3 is 0 Å². The van der Waals surface area contributed by atoms with Gasteiger partial charge in [-0.15, -0.1) is 0 Å². The second-order valence-corrected chi connectivity index (χ2v) is 6.54. The summed E-state index contributed by atoms with van der Waals surface area (Å²) in [6.07, 6.45) is 3.22. The van der Waals surface area contributed by atoms with Crippen LogP contribution in [0.5, 0.6) is 17.2 Å². The van der Waals surface area contributed by atoms with E-state index in [9.17, 15) is 5.11 Å². The molecular weight excluding hydrogens is 322 g/mol. The molecule has 1 fully saturated rings. The highest BCUT2D eigenvalue weighted by Crippen LogP contribution is 2.38. The Kier molecular flexibility index (Phi) is 7.81. The van der Waals surface area contributed by atoms with Gasteiger partial charge in [0.15, 0.2) is 11.5 Å². The molecule has 25 heavy (non-hydrogen) atoms. The SMILES string of the molecule is COc1cc(COC[C@H](O)CN2CCCC[C@@H]2C)cc(OC)c1OC. The van der Waals surface area contributed by atoms with Crippen molar-refractivity contribution in [1.29, 1.82) is 0 Å². The van der Waals surface area contributed by atoms with Gasteiger partial charge in [-0.05, 0) is 44.0 Å². The van der Waals surface area contributed by atoms with Crippen LogP contribution in [0.1, 0.15) is 31.7 Å². The number of β-amino-alcohol motifs (C(OH)–C–C–N with tert-alkyl or cyclic N) is 1. The van der Waals surface area contributed by atoms with Crippen molar-refractivity contribution >= 4 is 0 Å². The summed E-state index contributed by atoms with van der Waals surface area (Å²) in [6.45, 7) is 4.63. The van der Waals surface area contributed by atoms with E-state index in [0.717, 1.165) is 12.1 Å². The summed E-state index contributed by atoms with van der Waals surface area (Å²) in [5.74, 6) is 1.76. The van der Waals surface area contributed by atoms with Gasteiger partial charge in [-0.3, -0.25) is 4.90 Å². The van der Waals surface area contributed by atoms with Crippen LogP contribution >= 0.6 is 0 Å². The van der Waals surface area contributed by atoms with Crippen molar-refractivity contribution in [2.24, 2.45) is 0 Å². The molecule has 1 aromatic carbocycles. The van der Waals surface area contributed by atoms with Crippen LogP contribution in [0.2, 0.25) is 0 Å². The van der Waals surface area contributed by atoms with Gasteiger partial charge in [-0.2, -0.15) is 0 Å². The van der Waals surface area contributed by atoms with E-state index in [-0.39, 0.29) is 0 Å². The third-order valence-electron chi connectivity index (χ3n) is 4.69. The summed E-state index contributed by atoms with van der Waals surface area (Å²) in [6, 6.07) is 4.26. The Morgan fingerprint density at radius 1 is 1.12 bits per heavy atom. The molecule has 0 aromatic heterocycles. The number of hydrogen-bond acceptors (Lipinski definition) is 6. The number of likely N-dealkylation sites (tertiary alicyclic amines) is 1. The number of ether oxygens (including phenoxy) is 4. The van der Waals surface area contributed by atoms with Crippen molar-refractivity contribution in [2.45, 2.75) is 44.9 Å². The maximum absolute atomic E-state index is 10.2. The number of rotatable bonds is 9. The summed E-state index contributed by atoms with van der Waals surface area (Å²) in [5, 5.41) is 10.2. The molecule has 2 atom stereocenters. The molecule has 1 N–H and O–H groups in total. The minimum Gasteiger partial charge on any atom is -0.493 e. The first kappa shape index (κ1) is 19.8. The molecule has 142 valence electrons. The molecule has 1 aliphatic heterocycles. The van der Waals surface area contributed by atoms with Crippen LogP contribution in [-0.2, 0) is 11.3 Å². The van der Waals surface area contributed by atoms with E-state index >= 15 is 0 Å².